The molecule has 0 N–H and O–H groups in total. The van der Waals surface area contributed by atoms with Crippen molar-refractivity contribution in [3.63, 3.8) is 0 Å². The molecule has 0 aromatic heterocycles. The third kappa shape index (κ3) is 4.10. The number of hydrogen-bond acceptors (Lipinski definition) is 3. The molecule has 0 radical (unpaired) electrons. The number of amides is 1. The molecule has 3 rings (SSSR count). The zero-order valence-corrected chi connectivity index (χ0v) is 14.6. The highest BCUT2D eigenvalue weighted by atomic mass is 35.5. The van der Waals surface area contributed by atoms with Crippen molar-refractivity contribution in [3.8, 4) is 5.75 Å². The Bertz CT molecular complexity index is 858. The molecule has 0 aliphatic heterocycles. The fraction of sp³-hybridized carbons (Fsp3) is 0.0476. The highest BCUT2D eigenvalue weighted by Gasteiger charge is 2.19. The van der Waals surface area contributed by atoms with Gasteiger partial charge in [0, 0.05) is 16.4 Å². The van der Waals surface area contributed by atoms with E-state index in [-0.39, 0.29) is 12.5 Å². The molecule has 130 valence electrons. The number of para-hydroxylation sites is 2. The fourth-order valence-electron chi connectivity index (χ4n) is 2.54. The Morgan fingerprint density at radius 3 is 2.04 bits per heavy atom. The van der Waals surface area contributed by atoms with Gasteiger partial charge in [-0.3, -0.25) is 14.5 Å². The van der Waals surface area contributed by atoms with Gasteiger partial charge < -0.3 is 4.74 Å². The molecular formula is C21H16ClNO3. The molecule has 0 unspecified atom stereocenters. The lowest BCUT2D eigenvalue weighted by atomic mass is 10.2. The standard InChI is InChI=1S/C21H16ClNO3/c22-17-11-12-20(16(13-17)14-24)26-15-21(25)23(18-7-3-1-4-8-18)19-9-5-2-6-10-19/h1-14H,15H2. The quantitative estimate of drug-likeness (QED) is 0.584. The SMILES string of the molecule is O=Cc1cc(Cl)ccc1OCC(=O)N(c1ccccc1)c1ccccc1. The Kier molecular flexibility index (Phi) is 5.66. The molecule has 0 saturated carbocycles. The fourth-order valence-corrected chi connectivity index (χ4v) is 2.72. The minimum Gasteiger partial charge on any atom is -0.483 e. The summed E-state index contributed by atoms with van der Waals surface area (Å²) < 4.78 is 5.59. The van der Waals surface area contributed by atoms with Gasteiger partial charge in [-0.2, -0.15) is 0 Å². The van der Waals surface area contributed by atoms with Crippen molar-refractivity contribution in [1.29, 1.82) is 0 Å². The number of hydrogen-bond donors (Lipinski definition) is 0. The van der Waals surface area contributed by atoms with Crippen LogP contribution in [-0.2, 0) is 4.79 Å². The summed E-state index contributed by atoms with van der Waals surface area (Å²) in [6.07, 6.45) is 0.651. The zero-order valence-electron chi connectivity index (χ0n) is 13.8. The minimum atomic E-state index is -0.255. The summed E-state index contributed by atoms with van der Waals surface area (Å²) in [6.45, 7) is -0.216. The summed E-state index contributed by atoms with van der Waals surface area (Å²) in [5, 5.41) is 0.431. The normalized spacial score (nSPS) is 10.2. The number of benzene rings is 3. The number of carbonyl (C=O) groups excluding carboxylic acids is 2. The van der Waals surface area contributed by atoms with E-state index in [9.17, 15) is 9.59 Å². The molecule has 26 heavy (non-hydrogen) atoms. The molecule has 0 bridgehead atoms. The lowest BCUT2D eigenvalue weighted by Crippen LogP contribution is -2.31. The summed E-state index contributed by atoms with van der Waals surface area (Å²) in [4.78, 5) is 25.6. The molecule has 0 aliphatic carbocycles. The third-order valence-corrected chi connectivity index (χ3v) is 3.96. The molecule has 0 spiro atoms. The van der Waals surface area contributed by atoms with Crippen LogP contribution in [0.3, 0.4) is 0 Å². The van der Waals surface area contributed by atoms with Gasteiger partial charge in [0.25, 0.3) is 5.91 Å². The van der Waals surface area contributed by atoms with E-state index in [2.05, 4.69) is 0 Å². The molecule has 5 heteroatoms. The average Bonchev–Trinajstić information content (AvgIpc) is 2.69. The van der Waals surface area contributed by atoms with Crippen LogP contribution < -0.4 is 9.64 Å². The number of aldehydes is 1. The highest BCUT2D eigenvalue weighted by Crippen LogP contribution is 2.26. The van der Waals surface area contributed by atoms with E-state index < -0.39 is 0 Å². The van der Waals surface area contributed by atoms with Crippen LogP contribution in [0, 0.1) is 0 Å². The van der Waals surface area contributed by atoms with Crippen LogP contribution in [0.25, 0.3) is 0 Å². The van der Waals surface area contributed by atoms with E-state index in [1.54, 1.807) is 17.0 Å². The van der Waals surface area contributed by atoms with E-state index in [0.29, 0.717) is 22.6 Å². The van der Waals surface area contributed by atoms with Crippen molar-refractivity contribution in [2.75, 3.05) is 11.5 Å². The molecule has 0 aliphatic rings. The molecule has 0 saturated heterocycles. The molecule has 0 fully saturated rings. The first-order valence-electron chi connectivity index (χ1n) is 7.99. The summed E-state index contributed by atoms with van der Waals surface area (Å²) in [7, 11) is 0. The summed E-state index contributed by atoms with van der Waals surface area (Å²) in [5.41, 5.74) is 1.77. The molecule has 3 aromatic rings. The Balaban J connectivity index is 1.84. The predicted octanol–water partition coefficient (Wildman–Crippen LogP) is 4.90. The van der Waals surface area contributed by atoms with Crippen molar-refractivity contribution >= 4 is 35.2 Å². The van der Waals surface area contributed by atoms with Gasteiger partial charge in [0.2, 0.25) is 0 Å². The number of carbonyl (C=O) groups is 2. The number of anilines is 2. The van der Waals surface area contributed by atoms with Crippen LogP contribution in [0.15, 0.2) is 78.9 Å². The summed E-state index contributed by atoms with van der Waals surface area (Å²) in [5.74, 6) is 0.0630. The van der Waals surface area contributed by atoms with Gasteiger partial charge in [-0.1, -0.05) is 48.0 Å². The minimum absolute atomic E-state index is 0.216. The van der Waals surface area contributed by atoms with E-state index >= 15 is 0 Å². The van der Waals surface area contributed by atoms with Gasteiger partial charge in [-0.05, 0) is 42.5 Å². The van der Waals surface area contributed by atoms with Crippen molar-refractivity contribution in [2.24, 2.45) is 0 Å². The Morgan fingerprint density at radius 1 is 0.923 bits per heavy atom. The Labute approximate surface area is 156 Å². The smallest absolute Gasteiger partial charge is 0.269 e. The second-order valence-electron chi connectivity index (χ2n) is 5.49. The molecule has 0 heterocycles. The van der Waals surface area contributed by atoms with Gasteiger partial charge in [0.05, 0.1) is 5.56 Å². The Hall–Kier alpha value is -3.11. The van der Waals surface area contributed by atoms with Gasteiger partial charge in [-0.25, -0.2) is 0 Å². The second kappa shape index (κ2) is 8.32. The maximum Gasteiger partial charge on any atom is 0.269 e. The van der Waals surface area contributed by atoms with Gasteiger partial charge >= 0.3 is 0 Å². The van der Waals surface area contributed by atoms with Gasteiger partial charge in [0.15, 0.2) is 12.9 Å². The van der Waals surface area contributed by atoms with Crippen LogP contribution in [0.4, 0.5) is 11.4 Å². The first-order chi connectivity index (χ1) is 12.7. The van der Waals surface area contributed by atoms with Crippen LogP contribution in [0.5, 0.6) is 5.75 Å². The number of halogens is 1. The van der Waals surface area contributed by atoms with Crippen LogP contribution in [-0.4, -0.2) is 18.8 Å². The number of rotatable bonds is 6. The monoisotopic (exact) mass is 365 g/mol. The molecular weight excluding hydrogens is 350 g/mol. The first kappa shape index (κ1) is 17.7. The van der Waals surface area contributed by atoms with Gasteiger partial charge in [-0.15, -0.1) is 0 Å². The van der Waals surface area contributed by atoms with Crippen molar-refractivity contribution in [1.82, 2.24) is 0 Å². The average molecular weight is 366 g/mol. The first-order valence-corrected chi connectivity index (χ1v) is 8.37. The predicted molar refractivity (Wildman–Crippen MR) is 102 cm³/mol. The molecule has 3 aromatic carbocycles. The largest absolute Gasteiger partial charge is 0.483 e. The lowest BCUT2D eigenvalue weighted by Gasteiger charge is -2.23. The van der Waals surface area contributed by atoms with Crippen LogP contribution in [0.1, 0.15) is 10.4 Å². The van der Waals surface area contributed by atoms with Crippen LogP contribution >= 0.6 is 11.6 Å². The van der Waals surface area contributed by atoms with E-state index in [1.807, 2.05) is 60.7 Å². The number of ether oxygens (including phenoxy) is 1. The van der Waals surface area contributed by atoms with E-state index in [0.717, 1.165) is 11.4 Å². The van der Waals surface area contributed by atoms with Crippen LogP contribution in [0.2, 0.25) is 5.02 Å². The molecule has 4 nitrogen and oxygen atoms in total. The Morgan fingerprint density at radius 2 is 1.50 bits per heavy atom. The topological polar surface area (TPSA) is 46.6 Å². The summed E-state index contributed by atoms with van der Waals surface area (Å²) in [6, 6.07) is 23.3. The van der Waals surface area contributed by atoms with E-state index in [1.165, 1.54) is 6.07 Å². The highest BCUT2D eigenvalue weighted by molar-refractivity contribution is 6.30. The second-order valence-corrected chi connectivity index (χ2v) is 5.93. The van der Waals surface area contributed by atoms with Crippen molar-refractivity contribution in [2.45, 2.75) is 0 Å². The summed E-state index contributed by atoms with van der Waals surface area (Å²) >= 11 is 5.88. The van der Waals surface area contributed by atoms with Crippen molar-refractivity contribution in [3.05, 3.63) is 89.4 Å². The zero-order chi connectivity index (χ0) is 18.4. The van der Waals surface area contributed by atoms with E-state index in [4.69, 9.17) is 16.3 Å². The molecule has 0 atom stereocenters. The number of nitrogens with zero attached hydrogens (tertiary/aromatic N) is 1. The van der Waals surface area contributed by atoms with Gasteiger partial charge in [0.1, 0.15) is 5.75 Å². The molecule has 1 amide bonds. The maximum atomic E-state index is 12.9. The van der Waals surface area contributed by atoms with Crippen molar-refractivity contribution < 1.29 is 14.3 Å². The third-order valence-electron chi connectivity index (χ3n) is 3.73. The maximum absolute atomic E-state index is 12.9. The lowest BCUT2D eigenvalue weighted by molar-refractivity contribution is -0.119.